The van der Waals surface area contributed by atoms with E-state index in [1.54, 1.807) is 0 Å². The summed E-state index contributed by atoms with van der Waals surface area (Å²) in [5.41, 5.74) is -0.186. The average molecular weight is 181 g/mol. The zero-order valence-electron chi connectivity index (χ0n) is 7.39. The van der Waals surface area contributed by atoms with Gasteiger partial charge < -0.3 is 0 Å². The molecule has 0 unspecified atom stereocenters. The van der Waals surface area contributed by atoms with Gasteiger partial charge in [0.05, 0.1) is 4.92 Å². The van der Waals surface area contributed by atoms with Gasteiger partial charge in [0.2, 0.25) is 5.78 Å². The number of aldehydes is 1. The Labute approximate surface area is 74.5 Å². The Balaban J connectivity index is 3.00. The highest BCUT2D eigenvalue weighted by Gasteiger charge is 2.07. The molecule has 1 aromatic carbocycles. The van der Waals surface area contributed by atoms with E-state index in [1.807, 2.05) is 0 Å². The molecule has 0 aliphatic rings. The number of hydrogen-bond donors (Lipinski definition) is 0. The fourth-order valence-corrected chi connectivity index (χ4v) is 0.793. The third kappa shape index (κ3) is 1.96. The van der Waals surface area contributed by atoms with Crippen molar-refractivity contribution in [3.63, 3.8) is 0 Å². The number of carbonyl (C=O) groups excluding carboxylic acids is 2. The van der Waals surface area contributed by atoms with Crippen LogP contribution in [0.3, 0.4) is 0 Å². The van der Waals surface area contributed by atoms with Gasteiger partial charge in [-0.1, -0.05) is 0 Å². The normalized spacial score (nSPS) is 10.3. The highest BCUT2D eigenvalue weighted by atomic mass is 16.6. The Bertz CT molecular complexity index is 398. The minimum Gasteiger partial charge on any atom is -0.294 e. The maximum Gasteiger partial charge on any atom is 0.269 e. The fraction of sp³-hybridized carbons (Fsp3) is 0. The molecule has 0 aromatic heterocycles. The Kier molecular flexibility index (Phi) is 2.09. The number of nitro groups is 1. The van der Waals surface area contributed by atoms with Crippen LogP contribution < -0.4 is 0 Å². The molecular formula is C8H5NO4. The lowest BCUT2D eigenvalue weighted by Gasteiger charge is -1.92. The lowest BCUT2D eigenvalue weighted by Crippen LogP contribution is -1.99. The first-order valence-corrected chi connectivity index (χ1v) is 3.32. The maximum atomic E-state index is 10.9. The Morgan fingerprint density at radius 1 is 1.46 bits per heavy atom. The summed E-state index contributed by atoms with van der Waals surface area (Å²) in [4.78, 5) is 30.9. The lowest BCUT2D eigenvalue weighted by atomic mass is 10.1. The number of benzene rings is 1. The SMILES string of the molecule is [3H]C(=O)C(=O)c1ccc([N+](=O)[O-])cc1. The molecule has 0 spiro atoms. The number of carbonyl (C=O) groups is 2. The van der Waals surface area contributed by atoms with Crippen LogP contribution in [0, 0.1) is 10.1 Å². The molecule has 5 heteroatoms. The topological polar surface area (TPSA) is 77.3 Å². The maximum absolute atomic E-state index is 10.9. The molecule has 0 aliphatic carbocycles. The van der Waals surface area contributed by atoms with Crippen LogP contribution in [0.5, 0.6) is 0 Å². The summed E-state index contributed by atoms with van der Waals surface area (Å²) >= 11 is 0. The molecule has 0 radical (unpaired) electrons. The van der Waals surface area contributed by atoms with E-state index in [0.717, 1.165) is 24.3 Å². The highest BCUT2D eigenvalue weighted by molar-refractivity contribution is 6.33. The van der Waals surface area contributed by atoms with Crippen LogP contribution in [-0.2, 0) is 4.79 Å². The van der Waals surface area contributed by atoms with Gasteiger partial charge in [-0.25, -0.2) is 0 Å². The van der Waals surface area contributed by atoms with E-state index in [0.29, 0.717) is 0 Å². The number of nitrogens with zero attached hydrogens (tertiary/aromatic N) is 1. The smallest absolute Gasteiger partial charge is 0.269 e. The first-order valence-electron chi connectivity index (χ1n) is 3.82. The van der Waals surface area contributed by atoms with Crippen LogP contribution in [0.25, 0.3) is 0 Å². The van der Waals surface area contributed by atoms with Crippen molar-refractivity contribution < 1.29 is 15.9 Å². The van der Waals surface area contributed by atoms with Gasteiger partial charge in [0.15, 0.2) is 6.26 Å². The van der Waals surface area contributed by atoms with E-state index >= 15 is 0 Å². The van der Waals surface area contributed by atoms with E-state index < -0.39 is 17.0 Å². The molecule has 0 aliphatic heterocycles. The van der Waals surface area contributed by atoms with Crippen LogP contribution in [-0.4, -0.2) is 17.0 Å². The molecule has 1 rings (SSSR count). The van der Waals surface area contributed by atoms with Crippen molar-refractivity contribution in [1.82, 2.24) is 0 Å². The summed E-state index contributed by atoms with van der Waals surface area (Å²) in [6.45, 7) is 0. The van der Waals surface area contributed by atoms with E-state index in [2.05, 4.69) is 0 Å². The van der Waals surface area contributed by atoms with Crippen molar-refractivity contribution in [3.8, 4) is 0 Å². The van der Waals surface area contributed by atoms with Gasteiger partial charge >= 0.3 is 0 Å². The number of nitro benzene ring substituents is 1. The molecule has 5 nitrogen and oxygen atoms in total. The van der Waals surface area contributed by atoms with E-state index in [4.69, 9.17) is 1.37 Å². The second-order valence-electron chi connectivity index (χ2n) is 2.24. The summed E-state index contributed by atoms with van der Waals surface area (Å²) in [5, 5.41) is 10.2. The molecule has 0 fully saturated rings. The molecule has 0 N–H and O–H groups in total. The summed E-state index contributed by atoms with van der Waals surface area (Å²) in [7, 11) is 0. The van der Waals surface area contributed by atoms with Crippen molar-refractivity contribution in [2.75, 3.05) is 0 Å². The minimum atomic E-state index is -1.33. The average Bonchev–Trinajstić information content (AvgIpc) is 2.16. The van der Waals surface area contributed by atoms with Crippen molar-refractivity contribution in [3.05, 3.63) is 39.9 Å². The number of rotatable bonds is 3. The molecule has 0 saturated carbocycles. The van der Waals surface area contributed by atoms with Crippen molar-refractivity contribution >= 4 is 17.7 Å². The zero-order valence-corrected chi connectivity index (χ0v) is 6.39. The molecule has 1 aromatic rings. The predicted octanol–water partition coefficient (Wildman–Crippen LogP) is 0.976. The van der Waals surface area contributed by atoms with Gasteiger partial charge in [-0.3, -0.25) is 19.7 Å². The van der Waals surface area contributed by atoms with Gasteiger partial charge in [-0.2, -0.15) is 0 Å². The number of hydrogen-bond acceptors (Lipinski definition) is 4. The summed E-state index contributed by atoms with van der Waals surface area (Å²) in [6.07, 6.45) is -1.33. The van der Waals surface area contributed by atoms with Crippen LogP contribution in [0.2, 0.25) is 0 Å². The number of non-ortho nitro benzene ring substituents is 1. The molecule has 0 atom stereocenters. The van der Waals surface area contributed by atoms with Crippen LogP contribution in [0.4, 0.5) is 5.69 Å². The first-order chi connectivity index (χ1) is 6.52. The first kappa shape index (κ1) is 7.60. The second-order valence-corrected chi connectivity index (χ2v) is 2.24. The number of Topliss-reactive ketones (excluding diaryl/α,β-unsaturated/α-hetero) is 1. The Morgan fingerprint density at radius 2 is 2.00 bits per heavy atom. The molecule has 13 heavy (non-hydrogen) atoms. The monoisotopic (exact) mass is 181 g/mol. The van der Waals surface area contributed by atoms with E-state index in [9.17, 15) is 19.7 Å². The van der Waals surface area contributed by atoms with E-state index in [1.165, 1.54) is 0 Å². The van der Waals surface area contributed by atoms with E-state index in [-0.39, 0.29) is 11.3 Å². The van der Waals surface area contributed by atoms with Crippen LogP contribution >= 0.6 is 0 Å². The standard InChI is InChI=1S/C8H5NO4/c10-5-8(11)6-1-3-7(4-2-6)9(12)13/h1-5H/i5T. The second kappa shape index (κ2) is 3.57. The third-order valence-corrected chi connectivity index (χ3v) is 1.43. The largest absolute Gasteiger partial charge is 0.294 e. The molecule has 0 saturated heterocycles. The van der Waals surface area contributed by atoms with Crippen LogP contribution in [0.15, 0.2) is 24.3 Å². The van der Waals surface area contributed by atoms with Gasteiger partial charge in [0, 0.05) is 17.7 Å². The number of ketones is 1. The highest BCUT2D eigenvalue weighted by Crippen LogP contribution is 2.11. The Morgan fingerprint density at radius 3 is 2.38 bits per heavy atom. The minimum absolute atomic E-state index is 0.0180. The van der Waals surface area contributed by atoms with Crippen LogP contribution in [0.1, 0.15) is 11.7 Å². The zero-order chi connectivity index (χ0) is 10.7. The van der Waals surface area contributed by atoms with Gasteiger partial charge in [-0.15, -0.1) is 0 Å². The molecule has 0 bridgehead atoms. The molecular weight excluding hydrogens is 174 g/mol. The van der Waals surface area contributed by atoms with Gasteiger partial charge in [0.1, 0.15) is 1.37 Å². The summed E-state index contributed by atoms with van der Waals surface area (Å²) in [6, 6.07) is 4.51. The Hall–Kier alpha value is -2.04. The predicted molar refractivity (Wildman–Crippen MR) is 43.5 cm³/mol. The fourth-order valence-electron chi connectivity index (χ4n) is 0.793. The lowest BCUT2D eigenvalue weighted by molar-refractivity contribution is -0.384. The third-order valence-electron chi connectivity index (χ3n) is 1.43. The van der Waals surface area contributed by atoms with Crippen molar-refractivity contribution in [2.24, 2.45) is 0 Å². The van der Waals surface area contributed by atoms with Crippen molar-refractivity contribution in [1.29, 1.82) is 0 Å². The molecule has 66 valence electrons. The van der Waals surface area contributed by atoms with Gasteiger partial charge in [0.25, 0.3) is 5.69 Å². The summed E-state index contributed by atoms with van der Waals surface area (Å²) < 4.78 is 6.54. The van der Waals surface area contributed by atoms with Crippen molar-refractivity contribution in [2.45, 2.75) is 0 Å². The molecule has 0 amide bonds. The molecule has 0 heterocycles. The van der Waals surface area contributed by atoms with Gasteiger partial charge in [-0.05, 0) is 12.1 Å². The quantitative estimate of drug-likeness (QED) is 0.229. The summed E-state index contributed by atoms with van der Waals surface area (Å²) in [5.74, 6) is -0.972.